The Bertz CT molecular complexity index is 1950. The number of rotatable bonds is 16. The lowest BCUT2D eigenvalue weighted by atomic mass is 9.68. The van der Waals surface area contributed by atoms with E-state index >= 15 is 4.79 Å². The molecule has 0 bridgehead atoms. The summed E-state index contributed by atoms with van der Waals surface area (Å²) in [6.07, 6.45) is 24.6. The summed E-state index contributed by atoms with van der Waals surface area (Å²) in [6.45, 7) is 7.98. The van der Waals surface area contributed by atoms with Gasteiger partial charge in [0.05, 0.1) is 19.9 Å². The topological polar surface area (TPSA) is 141 Å². The number of ketones is 2. The van der Waals surface area contributed by atoms with E-state index in [4.69, 9.17) is 9.47 Å². The molecule has 0 radical (unpaired) electrons. The number of allylic oxidation sites excluding steroid dienone is 10. The van der Waals surface area contributed by atoms with E-state index in [1.165, 1.54) is 5.57 Å². The van der Waals surface area contributed by atoms with Gasteiger partial charge in [0.25, 0.3) is 5.60 Å². The number of nitrogens with one attached hydrogen (secondary N) is 4. The van der Waals surface area contributed by atoms with E-state index in [1.807, 2.05) is 38.3 Å². The molecule has 0 aromatic heterocycles. The van der Waals surface area contributed by atoms with Gasteiger partial charge in [-0.15, -0.1) is 0 Å². The first kappa shape index (κ1) is 39.9. The molecule has 0 amide bonds. The van der Waals surface area contributed by atoms with Crippen molar-refractivity contribution in [1.29, 1.82) is 0 Å². The number of likely N-dealkylation sites (N-methyl/N-ethyl adjacent to an activating group) is 1. The predicted molar refractivity (Wildman–Crippen MR) is 218 cm³/mol. The Hall–Kier alpha value is -4.35. The number of carbonyl (C=O) groups excluding carboxylic acids is 3. The van der Waals surface area contributed by atoms with Crippen molar-refractivity contribution in [3.05, 3.63) is 118 Å². The maximum absolute atomic E-state index is 15.1. The van der Waals surface area contributed by atoms with Crippen molar-refractivity contribution in [1.82, 2.24) is 21.3 Å². The summed E-state index contributed by atoms with van der Waals surface area (Å²) in [4.78, 5) is 44.6. The minimum atomic E-state index is -2.14. The number of hydrogen-bond acceptors (Lipinski definition) is 10. The highest BCUT2D eigenvalue weighted by atomic mass is 16.7. The first-order chi connectivity index (χ1) is 27.1. The van der Waals surface area contributed by atoms with Crippen molar-refractivity contribution in [3.63, 3.8) is 0 Å². The Labute approximate surface area is 331 Å². The van der Waals surface area contributed by atoms with Gasteiger partial charge >= 0.3 is 5.97 Å². The molecule has 0 spiro atoms. The van der Waals surface area contributed by atoms with E-state index < -0.39 is 28.7 Å². The minimum absolute atomic E-state index is 0.00481. The molecule has 0 unspecified atom stereocenters. The number of epoxide rings is 1. The summed E-state index contributed by atoms with van der Waals surface area (Å²) >= 11 is 0. The number of Topliss-reactive ketones (excluding diaryl/α,β-unsaturated/α-hetero) is 2. The van der Waals surface area contributed by atoms with Gasteiger partial charge in [-0.05, 0) is 105 Å². The van der Waals surface area contributed by atoms with Crippen LogP contribution in [0.3, 0.4) is 0 Å². The average molecular weight is 763 g/mol. The smallest absolute Gasteiger partial charge is 0.350 e. The second kappa shape index (κ2) is 16.6. The highest BCUT2D eigenvalue weighted by Crippen LogP contribution is 2.60. The Morgan fingerprint density at radius 2 is 2.02 bits per heavy atom. The number of benzene rings is 1. The number of carbonyl (C=O) groups is 3. The first-order valence-corrected chi connectivity index (χ1v) is 20.4. The van der Waals surface area contributed by atoms with Gasteiger partial charge in [0.15, 0.2) is 11.4 Å². The van der Waals surface area contributed by atoms with Crippen LogP contribution < -0.4 is 21.3 Å². The predicted octanol–water partition coefficient (Wildman–Crippen LogP) is 5.69. The Morgan fingerprint density at radius 1 is 1.16 bits per heavy atom. The molecule has 2 heterocycles. The van der Waals surface area contributed by atoms with Crippen molar-refractivity contribution >= 4 is 17.5 Å². The monoisotopic (exact) mass is 762 g/mol. The molecule has 1 fully saturated rings. The van der Waals surface area contributed by atoms with Crippen LogP contribution in [0.1, 0.15) is 92.0 Å². The van der Waals surface area contributed by atoms with Crippen LogP contribution in [0, 0.1) is 17.3 Å². The molecular formula is C46H58N4O6. The molecule has 7 rings (SSSR count). The molecule has 1 aromatic rings. The Balaban J connectivity index is 1.19. The lowest BCUT2D eigenvalue weighted by Gasteiger charge is -2.36. The van der Waals surface area contributed by atoms with Crippen molar-refractivity contribution in [2.24, 2.45) is 17.3 Å². The maximum atomic E-state index is 15.1. The van der Waals surface area contributed by atoms with Crippen LogP contribution in [0.2, 0.25) is 0 Å². The summed E-state index contributed by atoms with van der Waals surface area (Å²) in [5.74, 6) is -0.450. The number of hydrogen-bond donors (Lipinski definition) is 5. The second-order valence-corrected chi connectivity index (χ2v) is 16.6. The normalized spacial score (nSPS) is 30.5. The van der Waals surface area contributed by atoms with Gasteiger partial charge in [0.1, 0.15) is 5.82 Å². The van der Waals surface area contributed by atoms with Gasteiger partial charge in [0.2, 0.25) is 5.78 Å². The van der Waals surface area contributed by atoms with E-state index in [0.717, 1.165) is 49.2 Å². The van der Waals surface area contributed by atoms with Crippen molar-refractivity contribution < 1.29 is 29.0 Å². The highest BCUT2D eigenvalue weighted by Gasteiger charge is 2.85. The van der Waals surface area contributed by atoms with Crippen LogP contribution in [-0.2, 0) is 20.7 Å². The summed E-state index contributed by atoms with van der Waals surface area (Å²) in [7, 11) is 1.88. The Morgan fingerprint density at radius 3 is 2.79 bits per heavy atom. The number of fused-ring (bicyclic) bond motifs is 3. The molecule has 5 N–H and O–H groups in total. The molecule has 1 aromatic carbocycles. The van der Waals surface area contributed by atoms with E-state index in [0.29, 0.717) is 49.5 Å². The van der Waals surface area contributed by atoms with Gasteiger partial charge in [-0.1, -0.05) is 86.2 Å². The number of aliphatic hydroxyl groups excluding tert-OH is 1. The zero-order chi connectivity index (χ0) is 39.5. The number of ether oxygens (including phenoxy) is 2. The van der Waals surface area contributed by atoms with Gasteiger partial charge in [0, 0.05) is 36.1 Å². The molecule has 10 heteroatoms. The van der Waals surface area contributed by atoms with Crippen molar-refractivity contribution in [2.45, 2.75) is 89.4 Å². The zero-order valence-corrected chi connectivity index (χ0v) is 33.3. The molecule has 4 aliphatic carbocycles. The lowest BCUT2D eigenvalue weighted by Crippen LogP contribution is -2.52. The average Bonchev–Trinajstić information content (AvgIpc) is 3.91. The van der Waals surface area contributed by atoms with Crippen molar-refractivity contribution in [2.75, 3.05) is 40.0 Å². The van der Waals surface area contributed by atoms with Crippen LogP contribution in [0.4, 0.5) is 0 Å². The number of dihydropyridines is 1. The first-order valence-electron chi connectivity index (χ1n) is 20.4. The minimum Gasteiger partial charge on any atom is -0.463 e. The van der Waals surface area contributed by atoms with Crippen LogP contribution in [0.5, 0.6) is 0 Å². The quantitative estimate of drug-likeness (QED) is 0.0469. The third-order valence-corrected chi connectivity index (χ3v) is 12.7. The van der Waals surface area contributed by atoms with Crippen LogP contribution in [0.15, 0.2) is 101 Å². The van der Waals surface area contributed by atoms with Gasteiger partial charge in [-0.3, -0.25) is 9.59 Å². The largest absolute Gasteiger partial charge is 0.463 e. The van der Waals surface area contributed by atoms with E-state index in [9.17, 15) is 14.7 Å². The van der Waals surface area contributed by atoms with Gasteiger partial charge in [-0.2, -0.15) is 0 Å². The standard InChI is InChI=1S/C46H58N4O6/c1-5-48-38-24-33-13-8-7-12-32(33)23-35(38)28-55-43(54)46-42(53)40-34(25-44(3)19-9-6-10-20-44)14-11-15-37(40)41(52)45(46,56-46)26-36(27-51)30(2)16-17-31-18-21-49-39(22-31)50-29-47-4/h6,8-11,13-15,18-19,22,24,32,35,38,47-51H,5,7,12,16-17,20-21,23,25-29H2,1-4H3/b36-30-/t32-,35+,38-,44+,45-,46-/m0/s1. The Kier molecular flexibility index (Phi) is 11.8. The number of aliphatic hydroxyl groups is 1. The van der Waals surface area contributed by atoms with Crippen LogP contribution in [0.25, 0.3) is 0 Å². The fourth-order valence-electron chi connectivity index (χ4n) is 9.40. The maximum Gasteiger partial charge on any atom is 0.350 e. The van der Waals surface area contributed by atoms with Gasteiger partial charge in [-0.25, -0.2) is 4.79 Å². The summed E-state index contributed by atoms with van der Waals surface area (Å²) < 4.78 is 12.6. The highest BCUT2D eigenvalue weighted by molar-refractivity contribution is 6.33. The zero-order valence-electron chi connectivity index (χ0n) is 33.3. The third kappa shape index (κ3) is 7.56. The molecule has 2 aliphatic heterocycles. The van der Waals surface area contributed by atoms with Crippen LogP contribution in [-0.4, -0.2) is 79.9 Å². The molecule has 56 heavy (non-hydrogen) atoms. The molecule has 6 atom stereocenters. The lowest BCUT2D eigenvalue weighted by molar-refractivity contribution is -0.150. The molecule has 0 saturated carbocycles. The summed E-state index contributed by atoms with van der Waals surface area (Å²) in [5, 5.41) is 24.1. The molecule has 10 nitrogen and oxygen atoms in total. The van der Waals surface area contributed by atoms with E-state index in [2.05, 4.69) is 77.6 Å². The van der Waals surface area contributed by atoms with Gasteiger partial charge < -0.3 is 35.8 Å². The molecule has 1 saturated heterocycles. The van der Waals surface area contributed by atoms with E-state index in [-0.39, 0.29) is 48.1 Å². The summed E-state index contributed by atoms with van der Waals surface area (Å²) in [6, 6.07) is 5.37. The van der Waals surface area contributed by atoms with Crippen molar-refractivity contribution in [3.8, 4) is 0 Å². The van der Waals surface area contributed by atoms with E-state index in [1.54, 1.807) is 6.07 Å². The molecular weight excluding hydrogens is 705 g/mol. The fourth-order valence-corrected chi connectivity index (χ4v) is 9.40. The molecule has 298 valence electrons. The summed E-state index contributed by atoms with van der Waals surface area (Å²) in [5.41, 5.74) is 0.941. The number of esters is 1. The second-order valence-electron chi connectivity index (χ2n) is 16.6. The van der Waals surface area contributed by atoms with Crippen LogP contribution >= 0.6 is 0 Å². The SMILES string of the molecule is CCN[C@H]1C=C2C=CCC[C@H]2C[C@@H]1COC(=O)[C@]12O[C@@]1(C/C(CO)=C(\C)CCC1=CCNC(NCNC)=C1)C(=O)c1cccc(C[C@]3(C)C=CC=CC3)c1C2=O. The molecule has 6 aliphatic rings. The fraction of sp³-hybridized carbons (Fsp3) is 0.500. The third-order valence-electron chi connectivity index (χ3n) is 12.7.